The fourth-order valence-corrected chi connectivity index (χ4v) is 1.77. The molecule has 108 valence electrons. The van der Waals surface area contributed by atoms with Crippen molar-refractivity contribution in [2.75, 3.05) is 5.32 Å². The average molecular weight is 286 g/mol. The van der Waals surface area contributed by atoms with E-state index in [9.17, 15) is 14.0 Å². The lowest BCUT2D eigenvalue weighted by Gasteiger charge is -2.07. The second-order valence-corrected chi connectivity index (χ2v) is 4.46. The summed E-state index contributed by atoms with van der Waals surface area (Å²) in [6, 6.07) is 15.0. The smallest absolute Gasteiger partial charge is 0.233 e. The minimum Gasteiger partial charge on any atom is -0.351 e. The van der Waals surface area contributed by atoms with Gasteiger partial charge in [0.05, 0.1) is 0 Å². The Bertz CT molecular complexity index is 629. The molecule has 2 N–H and O–H groups in total. The van der Waals surface area contributed by atoms with Crippen LogP contribution >= 0.6 is 0 Å². The monoisotopic (exact) mass is 286 g/mol. The van der Waals surface area contributed by atoms with Crippen LogP contribution in [0.25, 0.3) is 0 Å². The van der Waals surface area contributed by atoms with E-state index in [2.05, 4.69) is 10.6 Å². The van der Waals surface area contributed by atoms with Gasteiger partial charge in [-0.05, 0) is 18.2 Å². The van der Waals surface area contributed by atoms with Crippen LogP contribution in [-0.4, -0.2) is 11.8 Å². The van der Waals surface area contributed by atoms with Gasteiger partial charge in [0.15, 0.2) is 0 Å². The SMILES string of the molecule is O=C(CC(=O)Nc1ccccc1)NCc1ccccc1F. The molecule has 0 atom stereocenters. The largest absolute Gasteiger partial charge is 0.351 e. The molecule has 0 aliphatic heterocycles. The van der Waals surface area contributed by atoms with Gasteiger partial charge in [0.2, 0.25) is 11.8 Å². The maximum absolute atomic E-state index is 13.4. The van der Waals surface area contributed by atoms with Gasteiger partial charge in [-0.3, -0.25) is 9.59 Å². The number of para-hydroxylation sites is 1. The van der Waals surface area contributed by atoms with Gasteiger partial charge < -0.3 is 10.6 Å². The number of anilines is 1. The van der Waals surface area contributed by atoms with E-state index in [4.69, 9.17) is 0 Å². The summed E-state index contributed by atoms with van der Waals surface area (Å²) in [5, 5.41) is 5.13. The first-order valence-corrected chi connectivity index (χ1v) is 6.50. The first-order valence-electron chi connectivity index (χ1n) is 6.50. The molecular weight excluding hydrogens is 271 g/mol. The van der Waals surface area contributed by atoms with Crippen molar-refractivity contribution in [3.8, 4) is 0 Å². The molecule has 0 aliphatic carbocycles. The molecule has 2 aromatic carbocycles. The minimum atomic E-state index is -0.452. The number of hydrogen-bond donors (Lipinski definition) is 2. The molecule has 2 rings (SSSR count). The summed E-state index contributed by atoms with van der Waals surface area (Å²) >= 11 is 0. The number of benzene rings is 2. The Kier molecular flexibility index (Phi) is 5.04. The highest BCUT2D eigenvalue weighted by molar-refractivity contribution is 6.03. The quantitative estimate of drug-likeness (QED) is 0.830. The number of hydrogen-bond acceptors (Lipinski definition) is 2. The molecule has 0 fully saturated rings. The van der Waals surface area contributed by atoms with Crippen LogP contribution in [0.3, 0.4) is 0 Å². The lowest BCUT2D eigenvalue weighted by Crippen LogP contribution is -2.28. The molecular formula is C16H15FN2O2. The summed E-state index contributed by atoms with van der Waals surface area (Å²) in [6.45, 7) is 0.0596. The van der Waals surface area contributed by atoms with E-state index in [1.165, 1.54) is 6.07 Å². The Morgan fingerprint density at radius 3 is 2.29 bits per heavy atom. The Labute approximate surface area is 122 Å². The fraction of sp³-hybridized carbons (Fsp3) is 0.125. The predicted octanol–water partition coefficient (Wildman–Crippen LogP) is 2.47. The van der Waals surface area contributed by atoms with Gasteiger partial charge in [-0.25, -0.2) is 4.39 Å². The van der Waals surface area contributed by atoms with Crippen molar-refractivity contribution in [3.63, 3.8) is 0 Å². The highest BCUT2D eigenvalue weighted by atomic mass is 19.1. The van der Waals surface area contributed by atoms with Gasteiger partial charge in [0.1, 0.15) is 12.2 Å². The Balaban J connectivity index is 1.79. The highest BCUT2D eigenvalue weighted by Gasteiger charge is 2.10. The number of halogens is 1. The molecule has 2 aromatic rings. The van der Waals surface area contributed by atoms with E-state index in [-0.39, 0.29) is 18.8 Å². The summed E-state index contributed by atoms with van der Waals surface area (Å²) in [7, 11) is 0. The van der Waals surface area contributed by atoms with Crippen molar-refractivity contribution in [1.29, 1.82) is 0 Å². The zero-order valence-electron chi connectivity index (χ0n) is 11.3. The van der Waals surface area contributed by atoms with Crippen LogP contribution in [0, 0.1) is 5.82 Å². The van der Waals surface area contributed by atoms with Crippen molar-refractivity contribution < 1.29 is 14.0 Å². The van der Waals surface area contributed by atoms with Crippen LogP contribution in [0.15, 0.2) is 54.6 Å². The molecule has 0 spiro atoms. The van der Waals surface area contributed by atoms with E-state index < -0.39 is 11.8 Å². The molecule has 0 aliphatic rings. The van der Waals surface area contributed by atoms with Crippen molar-refractivity contribution in [1.82, 2.24) is 5.32 Å². The topological polar surface area (TPSA) is 58.2 Å². The molecule has 0 unspecified atom stereocenters. The molecule has 0 heterocycles. The van der Waals surface area contributed by atoms with Crippen LogP contribution in [0.1, 0.15) is 12.0 Å². The Morgan fingerprint density at radius 2 is 1.57 bits per heavy atom. The van der Waals surface area contributed by atoms with E-state index >= 15 is 0 Å². The van der Waals surface area contributed by atoms with Gasteiger partial charge in [0, 0.05) is 17.8 Å². The summed E-state index contributed by atoms with van der Waals surface area (Å²) in [5.41, 5.74) is 1.01. The van der Waals surface area contributed by atoms with Crippen molar-refractivity contribution in [2.45, 2.75) is 13.0 Å². The van der Waals surface area contributed by atoms with Gasteiger partial charge in [-0.1, -0.05) is 36.4 Å². The summed E-state index contributed by atoms with van der Waals surface area (Å²) in [6.07, 6.45) is -0.302. The lowest BCUT2D eigenvalue weighted by atomic mass is 10.2. The van der Waals surface area contributed by atoms with Crippen LogP contribution in [0.5, 0.6) is 0 Å². The molecule has 0 saturated heterocycles. The number of rotatable bonds is 5. The van der Waals surface area contributed by atoms with Crippen LogP contribution in [0.2, 0.25) is 0 Å². The zero-order valence-corrected chi connectivity index (χ0v) is 11.3. The van der Waals surface area contributed by atoms with Crippen molar-refractivity contribution in [2.24, 2.45) is 0 Å². The van der Waals surface area contributed by atoms with Gasteiger partial charge in [0.25, 0.3) is 0 Å². The Hall–Kier alpha value is -2.69. The summed E-state index contributed by atoms with van der Waals surface area (Å²) < 4.78 is 13.4. The van der Waals surface area contributed by atoms with E-state index in [1.807, 2.05) is 6.07 Å². The number of carbonyl (C=O) groups is 2. The minimum absolute atomic E-state index is 0.0596. The van der Waals surface area contributed by atoms with E-state index in [0.717, 1.165) is 0 Å². The average Bonchev–Trinajstić information content (AvgIpc) is 2.47. The second kappa shape index (κ2) is 7.19. The highest BCUT2D eigenvalue weighted by Crippen LogP contribution is 2.07. The molecule has 21 heavy (non-hydrogen) atoms. The van der Waals surface area contributed by atoms with Crippen LogP contribution in [-0.2, 0) is 16.1 Å². The molecule has 5 heteroatoms. The standard InChI is InChI=1S/C16H15FN2O2/c17-14-9-5-4-6-12(14)11-18-15(20)10-16(21)19-13-7-2-1-3-8-13/h1-9H,10-11H2,(H,18,20)(H,19,21). The lowest BCUT2D eigenvalue weighted by molar-refractivity contribution is -0.126. The van der Waals surface area contributed by atoms with Crippen LogP contribution in [0.4, 0.5) is 10.1 Å². The molecule has 2 amide bonds. The normalized spacial score (nSPS) is 9.95. The van der Waals surface area contributed by atoms with Gasteiger partial charge in [-0.15, -0.1) is 0 Å². The molecule has 0 radical (unpaired) electrons. The molecule has 0 saturated carbocycles. The third-order valence-electron chi connectivity index (χ3n) is 2.81. The van der Waals surface area contributed by atoms with Crippen molar-refractivity contribution >= 4 is 17.5 Å². The zero-order chi connectivity index (χ0) is 15.1. The second-order valence-electron chi connectivity index (χ2n) is 4.46. The maximum atomic E-state index is 13.4. The van der Waals surface area contributed by atoms with Crippen molar-refractivity contribution in [3.05, 3.63) is 66.0 Å². The molecule has 4 nitrogen and oxygen atoms in total. The molecule has 0 aromatic heterocycles. The first-order chi connectivity index (χ1) is 10.1. The summed E-state index contributed by atoms with van der Waals surface area (Å²) in [4.78, 5) is 23.3. The third-order valence-corrected chi connectivity index (χ3v) is 2.81. The van der Waals surface area contributed by atoms with E-state index in [0.29, 0.717) is 11.3 Å². The third kappa shape index (κ3) is 4.72. The maximum Gasteiger partial charge on any atom is 0.233 e. The first kappa shape index (κ1) is 14.7. The summed E-state index contributed by atoms with van der Waals surface area (Å²) in [5.74, 6) is -1.24. The predicted molar refractivity (Wildman–Crippen MR) is 77.9 cm³/mol. The van der Waals surface area contributed by atoms with E-state index in [1.54, 1.807) is 42.5 Å². The molecule has 0 bridgehead atoms. The fourth-order valence-electron chi connectivity index (χ4n) is 1.77. The number of amides is 2. The Morgan fingerprint density at radius 1 is 0.905 bits per heavy atom. The van der Waals surface area contributed by atoms with Gasteiger partial charge >= 0.3 is 0 Å². The number of nitrogens with one attached hydrogen (secondary N) is 2. The van der Waals surface area contributed by atoms with Gasteiger partial charge in [-0.2, -0.15) is 0 Å². The number of carbonyl (C=O) groups excluding carboxylic acids is 2. The van der Waals surface area contributed by atoms with Crippen LogP contribution < -0.4 is 10.6 Å².